The molecule has 9 heteroatoms. The van der Waals surface area contributed by atoms with Gasteiger partial charge in [0.2, 0.25) is 10.0 Å². The SMILES string of the molecule is C[C@@H](OC(=O)CCNS(=O)(=O)c1ccccc1)C(=O)Nc1ccc(C#N)cc1. The number of sulfonamides is 1. The second kappa shape index (κ2) is 9.64. The molecule has 0 unspecified atom stereocenters. The first kappa shape index (κ1) is 21.1. The first-order valence-corrected chi connectivity index (χ1v) is 9.85. The summed E-state index contributed by atoms with van der Waals surface area (Å²) in [6.45, 7) is 1.26. The number of ether oxygens (including phenoxy) is 1. The normalized spacial score (nSPS) is 11.9. The maximum Gasteiger partial charge on any atom is 0.307 e. The van der Waals surface area contributed by atoms with Crippen LogP contribution < -0.4 is 10.0 Å². The monoisotopic (exact) mass is 401 g/mol. The average molecular weight is 401 g/mol. The number of carbonyl (C=O) groups is 2. The van der Waals surface area contributed by atoms with Crippen LogP contribution >= 0.6 is 0 Å². The Morgan fingerprint density at radius 3 is 2.36 bits per heavy atom. The molecule has 0 aliphatic carbocycles. The molecule has 146 valence electrons. The van der Waals surface area contributed by atoms with E-state index in [0.717, 1.165) is 0 Å². The summed E-state index contributed by atoms with van der Waals surface area (Å²) >= 11 is 0. The van der Waals surface area contributed by atoms with E-state index >= 15 is 0 Å². The van der Waals surface area contributed by atoms with Gasteiger partial charge in [0, 0.05) is 12.2 Å². The van der Waals surface area contributed by atoms with Crippen LogP contribution in [0.4, 0.5) is 5.69 Å². The topological polar surface area (TPSA) is 125 Å². The molecule has 0 fully saturated rings. The Morgan fingerprint density at radius 1 is 1.11 bits per heavy atom. The Labute approximate surface area is 163 Å². The molecular weight excluding hydrogens is 382 g/mol. The summed E-state index contributed by atoms with van der Waals surface area (Å²) in [5.74, 6) is -1.25. The molecule has 0 spiro atoms. The maximum atomic E-state index is 12.1. The molecule has 1 amide bonds. The number of hydrogen-bond acceptors (Lipinski definition) is 6. The summed E-state index contributed by atoms with van der Waals surface area (Å²) in [6.07, 6.45) is -1.28. The zero-order valence-electron chi connectivity index (χ0n) is 15.1. The fraction of sp³-hybridized carbons (Fsp3) is 0.211. The first-order chi connectivity index (χ1) is 13.3. The quantitative estimate of drug-likeness (QED) is 0.650. The number of rotatable bonds is 8. The number of hydrogen-bond donors (Lipinski definition) is 2. The van der Waals surface area contributed by atoms with Crippen molar-refractivity contribution in [3.8, 4) is 6.07 Å². The van der Waals surface area contributed by atoms with Gasteiger partial charge in [-0.1, -0.05) is 18.2 Å². The molecule has 2 aromatic carbocycles. The van der Waals surface area contributed by atoms with Gasteiger partial charge in [0.1, 0.15) is 0 Å². The van der Waals surface area contributed by atoms with Crippen LogP contribution in [0, 0.1) is 11.3 Å². The van der Waals surface area contributed by atoms with E-state index in [0.29, 0.717) is 11.3 Å². The third kappa shape index (κ3) is 6.19. The molecule has 2 rings (SSSR count). The highest BCUT2D eigenvalue weighted by Crippen LogP contribution is 2.10. The Kier molecular flexibility index (Phi) is 7.26. The van der Waals surface area contributed by atoms with Crippen LogP contribution in [0.3, 0.4) is 0 Å². The number of benzene rings is 2. The lowest BCUT2D eigenvalue weighted by atomic mass is 10.2. The van der Waals surface area contributed by atoms with E-state index in [2.05, 4.69) is 10.0 Å². The molecule has 0 aromatic heterocycles. The van der Waals surface area contributed by atoms with E-state index in [1.54, 1.807) is 42.5 Å². The fourth-order valence-electron chi connectivity index (χ4n) is 2.15. The Morgan fingerprint density at radius 2 is 1.75 bits per heavy atom. The maximum absolute atomic E-state index is 12.1. The molecule has 1 atom stereocenters. The highest BCUT2D eigenvalue weighted by atomic mass is 32.2. The average Bonchev–Trinajstić information content (AvgIpc) is 2.69. The summed E-state index contributed by atoms with van der Waals surface area (Å²) in [5, 5.41) is 11.3. The van der Waals surface area contributed by atoms with Gasteiger partial charge in [-0.15, -0.1) is 0 Å². The molecule has 0 aliphatic rings. The van der Waals surface area contributed by atoms with Crippen molar-refractivity contribution in [2.75, 3.05) is 11.9 Å². The second-order valence-electron chi connectivity index (χ2n) is 5.77. The van der Waals surface area contributed by atoms with Gasteiger partial charge < -0.3 is 10.1 Å². The largest absolute Gasteiger partial charge is 0.452 e. The number of anilines is 1. The fourth-order valence-corrected chi connectivity index (χ4v) is 3.20. The number of nitrogens with one attached hydrogen (secondary N) is 2. The van der Waals surface area contributed by atoms with Gasteiger partial charge in [-0.05, 0) is 43.3 Å². The van der Waals surface area contributed by atoms with E-state index in [-0.39, 0.29) is 17.9 Å². The van der Waals surface area contributed by atoms with E-state index in [4.69, 9.17) is 10.00 Å². The molecule has 0 aliphatic heterocycles. The van der Waals surface area contributed by atoms with Gasteiger partial charge in [0.15, 0.2) is 6.10 Å². The molecule has 2 aromatic rings. The summed E-state index contributed by atoms with van der Waals surface area (Å²) < 4.78 is 31.4. The summed E-state index contributed by atoms with van der Waals surface area (Å²) in [6, 6.07) is 15.9. The van der Waals surface area contributed by atoms with Gasteiger partial charge in [-0.2, -0.15) is 5.26 Å². The Hall–Kier alpha value is -3.22. The number of nitrogens with zero attached hydrogens (tertiary/aromatic N) is 1. The summed E-state index contributed by atoms with van der Waals surface area (Å²) in [5.41, 5.74) is 0.915. The van der Waals surface area contributed by atoms with Gasteiger partial charge in [-0.3, -0.25) is 9.59 Å². The Bertz CT molecular complexity index is 967. The van der Waals surface area contributed by atoms with Crippen molar-refractivity contribution in [2.24, 2.45) is 0 Å². The van der Waals surface area contributed by atoms with Gasteiger partial charge in [0.05, 0.1) is 22.9 Å². The zero-order chi connectivity index (χ0) is 20.6. The van der Waals surface area contributed by atoms with Gasteiger partial charge in [0.25, 0.3) is 5.91 Å². The zero-order valence-corrected chi connectivity index (χ0v) is 15.9. The molecule has 8 nitrogen and oxygen atoms in total. The van der Waals surface area contributed by atoms with Gasteiger partial charge in [-0.25, -0.2) is 13.1 Å². The minimum absolute atomic E-state index is 0.0959. The van der Waals surface area contributed by atoms with Crippen LogP contribution in [-0.4, -0.2) is 32.9 Å². The van der Waals surface area contributed by atoms with Crippen LogP contribution in [0.5, 0.6) is 0 Å². The molecule has 28 heavy (non-hydrogen) atoms. The Balaban J connectivity index is 1.78. The van der Waals surface area contributed by atoms with E-state index < -0.39 is 28.0 Å². The van der Waals surface area contributed by atoms with Crippen molar-refractivity contribution in [3.63, 3.8) is 0 Å². The standard InChI is InChI=1S/C19H19N3O5S/c1-14(19(24)22-16-9-7-15(13-20)8-10-16)27-18(23)11-12-21-28(25,26)17-5-3-2-4-6-17/h2-10,14,21H,11-12H2,1H3,(H,22,24)/t14-/m1/s1. The van der Waals surface area contributed by atoms with Crippen molar-refractivity contribution in [1.82, 2.24) is 4.72 Å². The van der Waals surface area contributed by atoms with Crippen molar-refractivity contribution < 1.29 is 22.7 Å². The molecule has 0 radical (unpaired) electrons. The highest BCUT2D eigenvalue weighted by Gasteiger charge is 2.19. The minimum Gasteiger partial charge on any atom is -0.452 e. The van der Waals surface area contributed by atoms with Crippen LogP contribution in [0.15, 0.2) is 59.5 Å². The van der Waals surface area contributed by atoms with Crippen LogP contribution in [0.1, 0.15) is 18.9 Å². The summed E-state index contributed by atoms with van der Waals surface area (Å²) in [7, 11) is -3.71. The predicted molar refractivity (Wildman–Crippen MR) is 102 cm³/mol. The van der Waals surface area contributed by atoms with E-state index in [1.165, 1.54) is 19.1 Å². The number of nitriles is 1. The second-order valence-corrected chi connectivity index (χ2v) is 7.54. The number of carbonyl (C=O) groups excluding carboxylic acids is 2. The summed E-state index contributed by atoms with van der Waals surface area (Å²) in [4.78, 5) is 24.0. The van der Waals surface area contributed by atoms with E-state index in [1.807, 2.05) is 6.07 Å². The van der Waals surface area contributed by atoms with Crippen LogP contribution in [0.25, 0.3) is 0 Å². The van der Waals surface area contributed by atoms with Crippen molar-refractivity contribution in [2.45, 2.75) is 24.3 Å². The van der Waals surface area contributed by atoms with Crippen molar-refractivity contribution >= 4 is 27.6 Å². The molecule has 0 bridgehead atoms. The first-order valence-electron chi connectivity index (χ1n) is 8.37. The molecule has 0 saturated carbocycles. The van der Waals surface area contributed by atoms with E-state index in [9.17, 15) is 18.0 Å². The highest BCUT2D eigenvalue weighted by molar-refractivity contribution is 7.89. The molecule has 0 heterocycles. The van der Waals surface area contributed by atoms with Crippen LogP contribution in [0.2, 0.25) is 0 Å². The third-order valence-electron chi connectivity index (χ3n) is 3.63. The predicted octanol–water partition coefficient (Wildman–Crippen LogP) is 1.80. The molecule has 0 saturated heterocycles. The third-order valence-corrected chi connectivity index (χ3v) is 5.11. The van der Waals surface area contributed by atoms with Gasteiger partial charge >= 0.3 is 5.97 Å². The molecular formula is C19H19N3O5S. The number of amides is 1. The lowest BCUT2D eigenvalue weighted by Crippen LogP contribution is -2.32. The van der Waals surface area contributed by atoms with Crippen molar-refractivity contribution in [1.29, 1.82) is 5.26 Å². The lowest BCUT2D eigenvalue weighted by molar-refractivity contribution is -0.152. The molecule has 2 N–H and O–H groups in total. The lowest BCUT2D eigenvalue weighted by Gasteiger charge is -2.14. The van der Waals surface area contributed by atoms with Crippen LogP contribution in [-0.2, 0) is 24.3 Å². The smallest absolute Gasteiger partial charge is 0.307 e. The minimum atomic E-state index is -3.71. The number of esters is 1. The van der Waals surface area contributed by atoms with Crippen molar-refractivity contribution in [3.05, 3.63) is 60.2 Å².